The Balaban J connectivity index is 1.71. The van der Waals surface area contributed by atoms with Crippen LogP contribution < -0.4 is 0 Å². The zero-order chi connectivity index (χ0) is 18.3. The van der Waals surface area contributed by atoms with E-state index in [1.165, 1.54) is 11.3 Å². The number of fused-ring (bicyclic) bond motifs is 2. The molecule has 0 radical (unpaired) electrons. The van der Waals surface area contributed by atoms with Crippen molar-refractivity contribution in [2.24, 2.45) is 0 Å². The SMILES string of the molecule is CCOC(=O)c1sc2[nH]c(C(=O)c3ccc4ccccc4c3)cc2c1C. The summed E-state index contributed by atoms with van der Waals surface area (Å²) in [5.41, 5.74) is 2.01. The van der Waals surface area contributed by atoms with Crippen LogP contribution in [0.1, 0.15) is 38.2 Å². The Hall–Kier alpha value is -2.92. The van der Waals surface area contributed by atoms with Crippen molar-refractivity contribution < 1.29 is 14.3 Å². The lowest BCUT2D eigenvalue weighted by molar-refractivity contribution is 0.0531. The molecule has 0 spiro atoms. The summed E-state index contributed by atoms with van der Waals surface area (Å²) >= 11 is 1.33. The van der Waals surface area contributed by atoms with Crippen LogP contribution in [0.4, 0.5) is 0 Å². The van der Waals surface area contributed by atoms with E-state index >= 15 is 0 Å². The van der Waals surface area contributed by atoms with Crippen LogP contribution in [0.3, 0.4) is 0 Å². The normalized spacial score (nSPS) is 11.2. The molecule has 2 aromatic carbocycles. The highest BCUT2D eigenvalue weighted by molar-refractivity contribution is 7.20. The number of aromatic nitrogens is 1. The predicted molar refractivity (Wildman–Crippen MR) is 104 cm³/mol. The summed E-state index contributed by atoms with van der Waals surface area (Å²) in [5, 5.41) is 3.03. The van der Waals surface area contributed by atoms with E-state index in [0.717, 1.165) is 26.6 Å². The molecule has 2 aromatic heterocycles. The number of H-pyrrole nitrogens is 1. The van der Waals surface area contributed by atoms with Gasteiger partial charge in [-0.15, -0.1) is 11.3 Å². The smallest absolute Gasteiger partial charge is 0.348 e. The number of aryl methyl sites for hydroxylation is 1. The minimum atomic E-state index is -0.318. The third-order valence-corrected chi connectivity index (χ3v) is 5.65. The van der Waals surface area contributed by atoms with E-state index in [4.69, 9.17) is 4.74 Å². The van der Waals surface area contributed by atoms with Crippen LogP contribution >= 0.6 is 11.3 Å². The standard InChI is InChI=1S/C21H17NO3S/c1-3-25-21(24)19-12(2)16-11-17(22-20(16)26-19)18(23)15-9-8-13-6-4-5-7-14(13)10-15/h4-11,22H,3H2,1-2H3. The fraction of sp³-hybridized carbons (Fsp3) is 0.143. The number of hydrogen-bond acceptors (Lipinski definition) is 4. The van der Waals surface area contributed by atoms with Gasteiger partial charge >= 0.3 is 5.97 Å². The van der Waals surface area contributed by atoms with Gasteiger partial charge in [0.1, 0.15) is 9.71 Å². The van der Waals surface area contributed by atoms with Gasteiger partial charge in [0.2, 0.25) is 5.78 Å². The topological polar surface area (TPSA) is 59.2 Å². The molecule has 0 aliphatic rings. The van der Waals surface area contributed by atoms with Crippen molar-refractivity contribution >= 4 is 44.1 Å². The molecule has 5 heteroatoms. The van der Waals surface area contributed by atoms with Crippen molar-refractivity contribution in [3.05, 3.63) is 70.2 Å². The van der Waals surface area contributed by atoms with E-state index in [1.807, 2.05) is 55.5 Å². The lowest BCUT2D eigenvalue weighted by atomic mass is 10.0. The van der Waals surface area contributed by atoms with Crippen molar-refractivity contribution in [3.8, 4) is 0 Å². The largest absolute Gasteiger partial charge is 0.462 e. The molecule has 0 unspecified atom stereocenters. The van der Waals surface area contributed by atoms with E-state index in [1.54, 1.807) is 6.92 Å². The van der Waals surface area contributed by atoms with Gasteiger partial charge in [0.05, 0.1) is 12.3 Å². The Morgan fingerprint density at radius 1 is 1.08 bits per heavy atom. The zero-order valence-electron chi connectivity index (χ0n) is 14.5. The quantitative estimate of drug-likeness (QED) is 0.405. The second-order valence-corrected chi connectivity index (χ2v) is 7.11. The molecule has 0 amide bonds. The maximum Gasteiger partial charge on any atom is 0.348 e. The number of benzene rings is 2. The van der Waals surface area contributed by atoms with Gasteiger partial charge in [0.15, 0.2) is 0 Å². The first-order valence-corrected chi connectivity index (χ1v) is 9.23. The van der Waals surface area contributed by atoms with Gasteiger partial charge in [0, 0.05) is 10.9 Å². The number of rotatable bonds is 4. The average molecular weight is 363 g/mol. The Morgan fingerprint density at radius 3 is 2.58 bits per heavy atom. The first-order valence-electron chi connectivity index (χ1n) is 8.41. The summed E-state index contributed by atoms with van der Waals surface area (Å²) in [5.74, 6) is -0.377. The Bertz CT molecular complexity index is 1150. The number of carbonyl (C=O) groups excluding carboxylic acids is 2. The van der Waals surface area contributed by atoms with Crippen molar-refractivity contribution in [3.63, 3.8) is 0 Å². The molecule has 0 saturated heterocycles. The van der Waals surface area contributed by atoms with Gasteiger partial charge in [-0.1, -0.05) is 36.4 Å². The highest BCUT2D eigenvalue weighted by Gasteiger charge is 2.20. The molecular weight excluding hydrogens is 346 g/mol. The molecule has 0 fully saturated rings. The first-order chi connectivity index (χ1) is 12.6. The van der Waals surface area contributed by atoms with Gasteiger partial charge in [0.25, 0.3) is 0 Å². The number of carbonyl (C=O) groups is 2. The van der Waals surface area contributed by atoms with Gasteiger partial charge in [-0.25, -0.2) is 4.79 Å². The predicted octanol–water partition coefficient (Wildman–Crippen LogP) is 5.10. The molecular formula is C21H17NO3S. The molecule has 1 N–H and O–H groups in total. The maximum atomic E-state index is 12.9. The molecule has 2 heterocycles. The fourth-order valence-corrected chi connectivity index (χ4v) is 4.19. The van der Waals surface area contributed by atoms with E-state index in [9.17, 15) is 9.59 Å². The monoisotopic (exact) mass is 363 g/mol. The molecule has 0 bridgehead atoms. The molecule has 4 rings (SSSR count). The van der Waals surface area contributed by atoms with E-state index in [-0.39, 0.29) is 11.8 Å². The highest BCUT2D eigenvalue weighted by atomic mass is 32.1. The summed E-state index contributed by atoms with van der Waals surface area (Å²) in [6, 6.07) is 15.5. The van der Waals surface area contributed by atoms with Crippen LogP contribution in [0.5, 0.6) is 0 Å². The third kappa shape index (κ3) is 2.70. The number of esters is 1. The van der Waals surface area contributed by atoms with Crippen molar-refractivity contribution in [2.45, 2.75) is 13.8 Å². The van der Waals surface area contributed by atoms with Crippen molar-refractivity contribution in [1.29, 1.82) is 0 Å². The number of ketones is 1. The summed E-state index contributed by atoms with van der Waals surface area (Å²) < 4.78 is 5.09. The summed E-state index contributed by atoms with van der Waals surface area (Å²) in [7, 11) is 0. The molecule has 0 aliphatic carbocycles. The molecule has 26 heavy (non-hydrogen) atoms. The Labute approximate surface area is 154 Å². The highest BCUT2D eigenvalue weighted by Crippen LogP contribution is 2.32. The van der Waals surface area contributed by atoms with Gasteiger partial charge < -0.3 is 9.72 Å². The van der Waals surface area contributed by atoms with Crippen molar-refractivity contribution in [1.82, 2.24) is 4.98 Å². The summed E-state index contributed by atoms with van der Waals surface area (Å²) in [6.07, 6.45) is 0. The van der Waals surface area contributed by atoms with Crippen LogP contribution in [-0.2, 0) is 4.74 Å². The number of ether oxygens (including phenoxy) is 1. The number of nitrogens with one attached hydrogen (secondary N) is 1. The lowest BCUT2D eigenvalue weighted by Crippen LogP contribution is -2.04. The summed E-state index contributed by atoms with van der Waals surface area (Å²) in [4.78, 5) is 29.4. The first kappa shape index (κ1) is 16.5. The van der Waals surface area contributed by atoms with E-state index < -0.39 is 0 Å². The molecule has 4 aromatic rings. The van der Waals surface area contributed by atoms with Crippen LogP contribution in [0.25, 0.3) is 21.0 Å². The number of thiophene rings is 1. The van der Waals surface area contributed by atoms with Crippen LogP contribution in [0.2, 0.25) is 0 Å². The Morgan fingerprint density at radius 2 is 1.85 bits per heavy atom. The van der Waals surface area contributed by atoms with Gasteiger partial charge in [-0.3, -0.25) is 4.79 Å². The minimum Gasteiger partial charge on any atom is -0.462 e. The zero-order valence-corrected chi connectivity index (χ0v) is 15.3. The molecule has 4 nitrogen and oxygen atoms in total. The molecule has 0 atom stereocenters. The molecule has 0 saturated carbocycles. The number of aromatic amines is 1. The van der Waals surface area contributed by atoms with Crippen LogP contribution in [-0.4, -0.2) is 23.3 Å². The molecule has 130 valence electrons. The second kappa shape index (κ2) is 6.42. The van der Waals surface area contributed by atoms with E-state index in [2.05, 4.69) is 4.98 Å². The average Bonchev–Trinajstić information content (AvgIpc) is 3.20. The second-order valence-electron chi connectivity index (χ2n) is 6.09. The maximum absolute atomic E-state index is 12.9. The van der Waals surface area contributed by atoms with E-state index in [0.29, 0.717) is 22.7 Å². The fourth-order valence-electron chi connectivity index (χ4n) is 3.10. The third-order valence-electron chi connectivity index (χ3n) is 4.45. The van der Waals surface area contributed by atoms with Crippen LogP contribution in [0.15, 0.2) is 48.5 Å². The minimum absolute atomic E-state index is 0.0590. The van der Waals surface area contributed by atoms with Crippen LogP contribution in [0, 0.1) is 6.92 Å². The van der Waals surface area contributed by atoms with Crippen molar-refractivity contribution in [2.75, 3.05) is 6.61 Å². The Kier molecular flexibility index (Phi) is 4.09. The molecule has 0 aliphatic heterocycles. The lowest BCUT2D eigenvalue weighted by Gasteiger charge is -2.02. The summed E-state index contributed by atoms with van der Waals surface area (Å²) in [6.45, 7) is 4.01. The van der Waals surface area contributed by atoms with Gasteiger partial charge in [-0.2, -0.15) is 0 Å². The number of hydrogen-bond donors (Lipinski definition) is 1. The van der Waals surface area contributed by atoms with Gasteiger partial charge in [-0.05, 0) is 42.3 Å².